The van der Waals surface area contributed by atoms with Crippen molar-refractivity contribution in [2.24, 2.45) is 0 Å². The first kappa shape index (κ1) is 20.7. The molecular formula is C21H22O9. The average Bonchev–Trinajstić information content (AvgIpc) is 2.74. The van der Waals surface area contributed by atoms with Gasteiger partial charge < -0.3 is 39.4 Å². The molecule has 1 saturated heterocycles. The smallest absolute Gasteiger partial charge is 0.344 e. The summed E-state index contributed by atoms with van der Waals surface area (Å²) in [5.41, 5.74) is 0.384. The highest BCUT2D eigenvalue weighted by molar-refractivity contribution is 6.05. The molecule has 0 aliphatic carbocycles. The van der Waals surface area contributed by atoms with E-state index >= 15 is 0 Å². The van der Waals surface area contributed by atoms with Crippen LogP contribution in [0, 0.1) is 0 Å². The van der Waals surface area contributed by atoms with Gasteiger partial charge in [-0.25, -0.2) is 4.79 Å². The van der Waals surface area contributed by atoms with Crippen LogP contribution in [0.3, 0.4) is 0 Å². The van der Waals surface area contributed by atoms with Gasteiger partial charge in [0, 0.05) is 23.4 Å². The molecule has 0 unspecified atom stereocenters. The first-order valence-electron chi connectivity index (χ1n) is 9.51. The van der Waals surface area contributed by atoms with E-state index < -0.39 is 42.9 Å². The minimum atomic E-state index is -1.56. The molecule has 9 heteroatoms. The highest BCUT2D eigenvalue weighted by Gasteiger charge is 2.44. The second kappa shape index (κ2) is 8.31. The number of hydrogen-bond acceptors (Lipinski definition) is 9. The fourth-order valence-electron chi connectivity index (χ4n) is 3.73. The Bertz CT molecular complexity index is 1110. The predicted molar refractivity (Wildman–Crippen MR) is 105 cm³/mol. The van der Waals surface area contributed by atoms with Gasteiger partial charge in [-0.05, 0) is 24.1 Å². The molecule has 5 N–H and O–H groups in total. The number of aliphatic hydroxyl groups excluding tert-OH is 5. The van der Waals surface area contributed by atoms with Crippen molar-refractivity contribution >= 4 is 21.7 Å². The Morgan fingerprint density at radius 1 is 0.967 bits per heavy atom. The molecule has 0 spiro atoms. The Morgan fingerprint density at radius 3 is 2.50 bits per heavy atom. The predicted octanol–water partition coefficient (Wildman–Crippen LogP) is -0.340. The summed E-state index contributed by atoms with van der Waals surface area (Å²) in [7, 11) is 0. The first-order chi connectivity index (χ1) is 14.4. The van der Waals surface area contributed by atoms with E-state index in [1.807, 2.05) is 0 Å². The Labute approximate surface area is 170 Å². The summed E-state index contributed by atoms with van der Waals surface area (Å²) in [5, 5.41) is 50.1. The lowest BCUT2D eigenvalue weighted by Crippen LogP contribution is -2.60. The Morgan fingerprint density at radius 2 is 1.77 bits per heavy atom. The minimum absolute atomic E-state index is 0.0948. The number of fused-ring (bicyclic) bond motifs is 3. The number of benzene rings is 2. The van der Waals surface area contributed by atoms with Gasteiger partial charge in [0.25, 0.3) is 0 Å². The van der Waals surface area contributed by atoms with E-state index in [0.717, 1.165) is 0 Å². The molecule has 30 heavy (non-hydrogen) atoms. The van der Waals surface area contributed by atoms with Crippen LogP contribution in [-0.2, 0) is 11.2 Å². The van der Waals surface area contributed by atoms with E-state index in [4.69, 9.17) is 13.9 Å². The van der Waals surface area contributed by atoms with Gasteiger partial charge in [0.2, 0.25) is 6.29 Å². The van der Waals surface area contributed by atoms with Crippen LogP contribution in [0.25, 0.3) is 21.7 Å². The fraction of sp³-hybridized carbons (Fsp3) is 0.381. The van der Waals surface area contributed by atoms with Crippen LogP contribution in [0.1, 0.15) is 5.56 Å². The monoisotopic (exact) mass is 418 g/mol. The van der Waals surface area contributed by atoms with Crippen molar-refractivity contribution in [3.8, 4) is 5.75 Å². The normalized spacial score (nSPS) is 26.9. The molecule has 1 fully saturated rings. The lowest BCUT2D eigenvalue weighted by Gasteiger charge is -2.39. The summed E-state index contributed by atoms with van der Waals surface area (Å²) >= 11 is 0. The molecule has 9 nitrogen and oxygen atoms in total. The van der Waals surface area contributed by atoms with Gasteiger partial charge in [0.1, 0.15) is 35.7 Å². The van der Waals surface area contributed by atoms with E-state index in [1.165, 1.54) is 6.07 Å². The van der Waals surface area contributed by atoms with Crippen molar-refractivity contribution in [1.82, 2.24) is 0 Å². The van der Waals surface area contributed by atoms with Crippen LogP contribution in [0.2, 0.25) is 0 Å². The van der Waals surface area contributed by atoms with Crippen molar-refractivity contribution in [3.05, 3.63) is 52.4 Å². The molecule has 2 aromatic carbocycles. The maximum atomic E-state index is 12.6. The molecule has 4 rings (SSSR count). The molecular weight excluding hydrogens is 396 g/mol. The molecule has 0 amide bonds. The maximum Gasteiger partial charge on any atom is 0.344 e. The van der Waals surface area contributed by atoms with Crippen molar-refractivity contribution in [2.45, 2.75) is 37.1 Å². The zero-order chi connectivity index (χ0) is 21.4. The zero-order valence-corrected chi connectivity index (χ0v) is 15.8. The third kappa shape index (κ3) is 3.56. The summed E-state index contributed by atoms with van der Waals surface area (Å²) in [6, 6.07) is 10.1. The van der Waals surface area contributed by atoms with Crippen molar-refractivity contribution in [1.29, 1.82) is 0 Å². The third-order valence-electron chi connectivity index (χ3n) is 5.28. The third-order valence-corrected chi connectivity index (χ3v) is 5.28. The SMILES string of the molecule is O=c1oc2cc(O[C@@H]3O[C@H](CO)[C@@H](O)[C@H](O)[C@H]3O)ccc2c2cccc(CCO)c12. The van der Waals surface area contributed by atoms with Gasteiger partial charge in [0.15, 0.2) is 0 Å². The van der Waals surface area contributed by atoms with Gasteiger partial charge in [0.05, 0.1) is 12.0 Å². The second-order valence-corrected chi connectivity index (χ2v) is 7.18. The van der Waals surface area contributed by atoms with Crippen molar-refractivity contribution in [2.75, 3.05) is 13.2 Å². The number of ether oxygens (including phenoxy) is 2. The summed E-state index contributed by atoms with van der Waals surface area (Å²) < 4.78 is 16.4. The molecule has 0 bridgehead atoms. The van der Waals surface area contributed by atoms with Crippen LogP contribution < -0.4 is 10.4 Å². The highest BCUT2D eigenvalue weighted by Crippen LogP contribution is 2.30. The van der Waals surface area contributed by atoms with Gasteiger partial charge in [-0.15, -0.1) is 0 Å². The second-order valence-electron chi connectivity index (χ2n) is 7.18. The standard InChI is InChI=1S/C21H22O9/c22-7-6-10-2-1-3-13-12-5-4-11(8-14(12)29-20(27)16(10)13)28-21-19(26)18(25)17(24)15(9-23)30-21/h1-5,8,15,17-19,21-26H,6-7,9H2/t15-,17-,18+,19-,21-/m1/s1. The van der Waals surface area contributed by atoms with Crippen molar-refractivity contribution < 1.29 is 39.4 Å². The van der Waals surface area contributed by atoms with Crippen LogP contribution in [0.5, 0.6) is 5.75 Å². The maximum absolute atomic E-state index is 12.6. The molecule has 1 aromatic heterocycles. The molecule has 1 aliphatic heterocycles. The molecule has 160 valence electrons. The van der Waals surface area contributed by atoms with E-state index in [2.05, 4.69) is 0 Å². The Kier molecular flexibility index (Phi) is 5.74. The quantitative estimate of drug-likeness (QED) is 0.277. The van der Waals surface area contributed by atoms with E-state index in [1.54, 1.807) is 30.3 Å². The van der Waals surface area contributed by atoms with E-state index in [9.17, 15) is 30.3 Å². The lowest BCUT2D eigenvalue weighted by atomic mass is 9.99. The van der Waals surface area contributed by atoms with E-state index in [-0.39, 0.29) is 17.9 Å². The first-order valence-corrected chi connectivity index (χ1v) is 9.51. The zero-order valence-electron chi connectivity index (χ0n) is 15.8. The summed E-state index contributed by atoms with van der Waals surface area (Å²) in [5.74, 6) is 0.195. The average molecular weight is 418 g/mol. The van der Waals surface area contributed by atoms with Crippen LogP contribution in [-0.4, -0.2) is 69.5 Å². The van der Waals surface area contributed by atoms with Gasteiger partial charge in [-0.1, -0.05) is 18.2 Å². The summed E-state index contributed by atoms with van der Waals surface area (Å²) in [4.78, 5) is 12.6. The highest BCUT2D eigenvalue weighted by atomic mass is 16.7. The van der Waals surface area contributed by atoms with Crippen molar-refractivity contribution in [3.63, 3.8) is 0 Å². The molecule has 3 aromatic rings. The van der Waals surface area contributed by atoms with E-state index in [0.29, 0.717) is 28.1 Å². The largest absolute Gasteiger partial charge is 0.462 e. The van der Waals surface area contributed by atoms with Crippen LogP contribution in [0.4, 0.5) is 0 Å². The molecule has 0 saturated carbocycles. The van der Waals surface area contributed by atoms with Crippen LogP contribution in [0.15, 0.2) is 45.6 Å². The summed E-state index contributed by atoms with van der Waals surface area (Å²) in [6.45, 7) is -0.665. The fourth-order valence-corrected chi connectivity index (χ4v) is 3.73. The molecule has 2 heterocycles. The van der Waals surface area contributed by atoms with Gasteiger partial charge >= 0.3 is 5.63 Å². The van der Waals surface area contributed by atoms with Crippen LogP contribution >= 0.6 is 0 Å². The molecule has 0 radical (unpaired) electrons. The van der Waals surface area contributed by atoms with Gasteiger partial charge in [-0.3, -0.25) is 0 Å². The Hall–Kier alpha value is -2.53. The lowest BCUT2D eigenvalue weighted by molar-refractivity contribution is -0.277. The summed E-state index contributed by atoms with van der Waals surface area (Å²) in [6.07, 6.45) is -6.72. The Balaban J connectivity index is 1.70. The number of aliphatic hydroxyl groups is 5. The minimum Gasteiger partial charge on any atom is -0.462 e. The molecule has 5 atom stereocenters. The van der Waals surface area contributed by atoms with Gasteiger partial charge in [-0.2, -0.15) is 0 Å². The molecule has 1 aliphatic rings. The number of rotatable bonds is 5. The number of hydrogen-bond donors (Lipinski definition) is 5. The topological polar surface area (TPSA) is 150 Å².